The van der Waals surface area contributed by atoms with Crippen LogP contribution in [-0.4, -0.2) is 17.2 Å². The maximum absolute atomic E-state index is 10.2. The second kappa shape index (κ2) is 6.82. The van der Waals surface area contributed by atoms with E-state index < -0.39 is 5.97 Å². The zero-order valence-corrected chi connectivity index (χ0v) is 10.2. The average molecular weight is 194 g/mol. The van der Waals surface area contributed by atoms with Crippen LogP contribution in [0, 0.1) is 5.92 Å². The van der Waals surface area contributed by atoms with Crippen LogP contribution in [0.15, 0.2) is 0 Å². The summed E-state index contributed by atoms with van der Waals surface area (Å²) in [7, 11) is 0. The summed E-state index contributed by atoms with van der Waals surface area (Å²) in [6.07, 6.45) is 4.37. The van der Waals surface area contributed by atoms with Crippen LogP contribution in [0.3, 0.4) is 0 Å². The van der Waals surface area contributed by atoms with E-state index >= 15 is 0 Å². The fourth-order valence-electron chi connectivity index (χ4n) is 1.83. The quantitative estimate of drug-likeness (QED) is 0.489. The molecule has 0 aromatic carbocycles. The van der Waals surface area contributed by atoms with E-state index in [0.717, 1.165) is 25.7 Å². The molecule has 0 aromatic heterocycles. The molecule has 1 fully saturated rings. The van der Waals surface area contributed by atoms with E-state index in [-0.39, 0.29) is 48.0 Å². The molecule has 1 saturated carbocycles. The van der Waals surface area contributed by atoms with E-state index in [2.05, 4.69) is 0 Å². The van der Waals surface area contributed by atoms with Crippen LogP contribution in [0.5, 0.6) is 0 Å². The van der Waals surface area contributed by atoms with Gasteiger partial charge < -0.3 is 15.0 Å². The van der Waals surface area contributed by atoms with Gasteiger partial charge in [-0.1, -0.05) is 12.8 Å². The van der Waals surface area contributed by atoms with Crippen molar-refractivity contribution in [2.75, 3.05) is 0 Å². The second-order valence-corrected chi connectivity index (χ2v) is 3.52. The molecule has 0 bridgehead atoms. The van der Waals surface area contributed by atoms with Crippen molar-refractivity contribution < 1.29 is 44.6 Å². The molecular weight excluding hydrogens is 179 g/mol. The first kappa shape index (κ1) is 13.4. The predicted molar refractivity (Wildman–Crippen MR) is 42.2 cm³/mol. The van der Waals surface area contributed by atoms with Gasteiger partial charge in [0.2, 0.25) is 0 Å². The second-order valence-electron chi connectivity index (χ2n) is 3.52. The Balaban J connectivity index is 0.00000144. The van der Waals surface area contributed by atoms with Gasteiger partial charge >= 0.3 is 29.6 Å². The summed E-state index contributed by atoms with van der Waals surface area (Å²) in [5.41, 5.74) is 0. The Morgan fingerprint density at radius 3 is 2.54 bits per heavy atom. The van der Waals surface area contributed by atoms with Gasteiger partial charge in [-0.05, 0) is 31.6 Å². The molecule has 0 heterocycles. The number of aliphatic hydroxyl groups excluding tert-OH is 1. The van der Waals surface area contributed by atoms with Gasteiger partial charge in [0.1, 0.15) is 0 Å². The summed E-state index contributed by atoms with van der Waals surface area (Å²) in [4.78, 5) is 10.2. The normalized spacial score (nSPS) is 27.8. The standard InChI is InChI=1S/C9H16O3.Na/c10-8-4-2-1-3-7(8)5-6-9(11)12;/h7-8,10H,1-6H2,(H,11,12);/q;+1/p-1/t7-,8-;/m0./s1. The van der Waals surface area contributed by atoms with E-state index in [1.807, 2.05) is 0 Å². The Morgan fingerprint density at radius 2 is 2.00 bits per heavy atom. The van der Waals surface area contributed by atoms with E-state index in [1.165, 1.54) is 0 Å². The van der Waals surface area contributed by atoms with Gasteiger partial charge in [0.15, 0.2) is 0 Å². The molecule has 0 amide bonds. The van der Waals surface area contributed by atoms with Crippen molar-refractivity contribution in [1.82, 2.24) is 0 Å². The number of carboxylic acid groups (broad SMARTS) is 1. The predicted octanol–water partition coefficient (Wildman–Crippen LogP) is -2.93. The van der Waals surface area contributed by atoms with Gasteiger partial charge in [-0.15, -0.1) is 0 Å². The molecule has 1 rings (SSSR count). The van der Waals surface area contributed by atoms with Crippen molar-refractivity contribution in [2.45, 2.75) is 44.6 Å². The van der Waals surface area contributed by atoms with Crippen LogP contribution in [0.25, 0.3) is 0 Å². The molecular formula is C9H15NaO3. The number of hydrogen-bond acceptors (Lipinski definition) is 3. The van der Waals surface area contributed by atoms with Crippen molar-refractivity contribution >= 4 is 5.97 Å². The van der Waals surface area contributed by atoms with Gasteiger partial charge in [0, 0.05) is 5.97 Å². The van der Waals surface area contributed by atoms with Crippen LogP contribution < -0.4 is 34.7 Å². The third-order valence-corrected chi connectivity index (χ3v) is 2.59. The number of carbonyl (C=O) groups excluding carboxylic acids is 1. The fourth-order valence-corrected chi connectivity index (χ4v) is 1.83. The Hall–Kier alpha value is 0.430. The van der Waals surface area contributed by atoms with Gasteiger partial charge in [0.05, 0.1) is 6.10 Å². The third kappa shape index (κ3) is 5.01. The van der Waals surface area contributed by atoms with Crippen molar-refractivity contribution in [2.24, 2.45) is 5.92 Å². The molecule has 0 spiro atoms. The minimum absolute atomic E-state index is 0. The number of aliphatic hydroxyl groups is 1. The summed E-state index contributed by atoms with van der Waals surface area (Å²) in [5, 5.41) is 19.6. The monoisotopic (exact) mass is 194 g/mol. The molecule has 0 unspecified atom stereocenters. The minimum Gasteiger partial charge on any atom is -0.550 e. The number of rotatable bonds is 3. The van der Waals surface area contributed by atoms with Crippen LogP contribution >= 0.6 is 0 Å². The SMILES string of the molecule is O=C([O-])CC[C@@H]1CCCC[C@@H]1O.[Na+]. The molecule has 0 saturated heterocycles. The average Bonchev–Trinajstić information content (AvgIpc) is 2.03. The van der Waals surface area contributed by atoms with Crippen LogP contribution in [0.4, 0.5) is 0 Å². The number of carboxylic acids is 1. The maximum atomic E-state index is 10.2. The summed E-state index contributed by atoms with van der Waals surface area (Å²) in [6, 6.07) is 0. The third-order valence-electron chi connectivity index (χ3n) is 2.59. The van der Waals surface area contributed by atoms with Crippen molar-refractivity contribution in [1.29, 1.82) is 0 Å². The first-order valence-electron chi connectivity index (χ1n) is 4.58. The zero-order valence-electron chi connectivity index (χ0n) is 8.16. The van der Waals surface area contributed by atoms with E-state index in [1.54, 1.807) is 0 Å². The first-order valence-corrected chi connectivity index (χ1v) is 4.58. The number of carbonyl (C=O) groups is 1. The molecule has 1 N–H and O–H groups in total. The van der Waals surface area contributed by atoms with Crippen LogP contribution in [0.1, 0.15) is 38.5 Å². The van der Waals surface area contributed by atoms with Crippen molar-refractivity contribution in [3.8, 4) is 0 Å². The molecule has 0 aromatic rings. The van der Waals surface area contributed by atoms with Gasteiger partial charge in [-0.25, -0.2) is 0 Å². The molecule has 0 aliphatic heterocycles. The topological polar surface area (TPSA) is 60.4 Å². The van der Waals surface area contributed by atoms with Gasteiger partial charge in [0.25, 0.3) is 0 Å². The number of hydrogen-bond donors (Lipinski definition) is 1. The molecule has 2 atom stereocenters. The van der Waals surface area contributed by atoms with Crippen LogP contribution in [-0.2, 0) is 4.79 Å². The Bertz CT molecular complexity index is 161. The molecule has 70 valence electrons. The number of aliphatic carboxylic acids is 1. The van der Waals surface area contributed by atoms with E-state index in [4.69, 9.17) is 0 Å². The van der Waals surface area contributed by atoms with Crippen molar-refractivity contribution in [3.63, 3.8) is 0 Å². The Morgan fingerprint density at radius 1 is 1.38 bits per heavy atom. The molecule has 4 heteroatoms. The fraction of sp³-hybridized carbons (Fsp3) is 0.889. The summed E-state index contributed by atoms with van der Waals surface area (Å²) < 4.78 is 0. The Labute approximate surface area is 101 Å². The van der Waals surface area contributed by atoms with Gasteiger partial charge in [-0.3, -0.25) is 0 Å². The summed E-state index contributed by atoms with van der Waals surface area (Å²) in [6.45, 7) is 0. The van der Waals surface area contributed by atoms with Gasteiger partial charge in [-0.2, -0.15) is 0 Å². The maximum Gasteiger partial charge on any atom is 1.00 e. The van der Waals surface area contributed by atoms with E-state index in [9.17, 15) is 15.0 Å². The summed E-state index contributed by atoms with van der Waals surface area (Å²) >= 11 is 0. The van der Waals surface area contributed by atoms with Crippen molar-refractivity contribution in [3.05, 3.63) is 0 Å². The smallest absolute Gasteiger partial charge is 0.550 e. The molecule has 1 aliphatic rings. The minimum atomic E-state index is -1.01. The zero-order chi connectivity index (χ0) is 8.97. The van der Waals surface area contributed by atoms with Crippen LogP contribution in [0.2, 0.25) is 0 Å². The largest absolute Gasteiger partial charge is 1.00 e. The Kier molecular flexibility index (Phi) is 7.05. The molecule has 1 aliphatic carbocycles. The molecule has 3 nitrogen and oxygen atoms in total. The summed E-state index contributed by atoms with van der Waals surface area (Å²) in [5.74, 6) is -0.815. The molecule has 0 radical (unpaired) electrons. The molecule has 13 heavy (non-hydrogen) atoms. The van der Waals surface area contributed by atoms with E-state index in [0.29, 0.717) is 6.42 Å². The first-order chi connectivity index (χ1) is 5.70.